The third kappa shape index (κ3) is 4.15. The molecule has 0 saturated heterocycles. The van der Waals surface area contributed by atoms with Gasteiger partial charge in [0.2, 0.25) is 0 Å². The van der Waals surface area contributed by atoms with Crippen molar-refractivity contribution in [2.45, 2.75) is 19.1 Å². The van der Waals surface area contributed by atoms with Crippen molar-refractivity contribution < 1.29 is 9.90 Å². The lowest BCUT2D eigenvalue weighted by Crippen LogP contribution is -2.38. The Labute approximate surface area is 144 Å². The Hall–Kier alpha value is -2.31. The van der Waals surface area contributed by atoms with Gasteiger partial charge in [0, 0.05) is 31.3 Å². The van der Waals surface area contributed by atoms with Crippen molar-refractivity contribution in [2.24, 2.45) is 0 Å². The van der Waals surface area contributed by atoms with Gasteiger partial charge in [-0.25, -0.2) is 4.79 Å². The predicted octanol–water partition coefficient (Wildman–Crippen LogP) is 3.13. The van der Waals surface area contributed by atoms with Crippen LogP contribution < -0.4 is 10.6 Å². The number of aliphatic hydroxyl groups excluding tert-OH is 1. The number of aliphatic hydroxyl groups is 1. The predicted molar refractivity (Wildman–Crippen MR) is 97.2 cm³/mol. The van der Waals surface area contributed by atoms with Crippen LogP contribution in [-0.2, 0) is 6.54 Å². The van der Waals surface area contributed by atoms with Crippen LogP contribution in [0, 0.1) is 0 Å². The molecule has 126 valence electrons. The molecule has 0 saturated carbocycles. The second-order valence-electron chi connectivity index (χ2n) is 5.63. The van der Waals surface area contributed by atoms with Crippen LogP contribution in [0.2, 0.25) is 0 Å². The van der Waals surface area contributed by atoms with Crippen molar-refractivity contribution in [3.05, 3.63) is 58.9 Å². The van der Waals surface area contributed by atoms with Gasteiger partial charge in [-0.05, 0) is 46.3 Å². The Morgan fingerprint density at radius 2 is 2.08 bits per heavy atom. The Morgan fingerprint density at radius 1 is 1.21 bits per heavy atom. The molecule has 0 aliphatic rings. The number of carbonyl (C=O) groups is 1. The quantitative estimate of drug-likeness (QED) is 0.577. The van der Waals surface area contributed by atoms with Gasteiger partial charge in [-0.3, -0.25) is 0 Å². The minimum atomic E-state index is -0.659. The highest BCUT2D eigenvalue weighted by Crippen LogP contribution is 2.15. The van der Waals surface area contributed by atoms with Crippen LogP contribution in [0.5, 0.6) is 0 Å². The molecule has 5 nitrogen and oxygen atoms in total. The number of fused-ring (bicyclic) bond motifs is 1. The lowest BCUT2D eigenvalue weighted by Gasteiger charge is -2.12. The zero-order valence-electron chi connectivity index (χ0n) is 13.3. The van der Waals surface area contributed by atoms with Gasteiger partial charge in [0.05, 0.1) is 6.10 Å². The maximum Gasteiger partial charge on any atom is 0.314 e. The van der Waals surface area contributed by atoms with Crippen molar-refractivity contribution in [1.29, 1.82) is 0 Å². The molecule has 2 aromatic heterocycles. The van der Waals surface area contributed by atoms with Crippen molar-refractivity contribution in [3.8, 4) is 0 Å². The van der Waals surface area contributed by atoms with Gasteiger partial charge in [0.1, 0.15) is 0 Å². The van der Waals surface area contributed by atoms with E-state index in [1.165, 1.54) is 22.2 Å². The Morgan fingerprint density at radius 3 is 2.92 bits per heavy atom. The number of rotatable bonds is 7. The van der Waals surface area contributed by atoms with E-state index in [0.29, 0.717) is 6.54 Å². The number of carbonyl (C=O) groups excluding carboxylic acids is 1. The van der Waals surface area contributed by atoms with E-state index in [-0.39, 0.29) is 12.6 Å². The summed E-state index contributed by atoms with van der Waals surface area (Å²) in [5, 5.41) is 20.4. The highest BCUT2D eigenvalue weighted by molar-refractivity contribution is 7.07. The van der Waals surface area contributed by atoms with E-state index in [4.69, 9.17) is 0 Å². The van der Waals surface area contributed by atoms with E-state index in [1.807, 2.05) is 29.0 Å². The maximum absolute atomic E-state index is 11.8. The lowest BCUT2D eigenvalue weighted by molar-refractivity contribution is 0.173. The molecule has 0 aliphatic heterocycles. The minimum absolute atomic E-state index is 0.213. The molecular weight excluding hydrogens is 322 g/mol. The number of amides is 2. The number of urea groups is 1. The molecule has 3 aromatic rings. The Bertz CT molecular complexity index is 783. The van der Waals surface area contributed by atoms with Crippen molar-refractivity contribution in [2.75, 3.05) is 13.1 Å². The summed E-state index contributed by atoms with van der Waals surface area (Å²) in [4.78, 5) is 11.8. The monoisotopic (exact) mass is 343 g/mol. The van der Waals surface area contributed by atoms with Gasteiger partial charge in [-0.15, -0.1) is 0 Å². The normalized spacial score (nSPS) is 12.2. The second kappa shape index (κ2) is 7.99. The molecule has 0 bridgehead atoms. The van der Waals surface area contributed by atoms with Crippen molar-refractivity contribution >= 4 is 28.3 Å². The summed E-state index contributed by atoms with van der Waals surface area (Å²) in [5.41, 5.74) is 2.04. The van der Waals surface area contributed by atoms with Crippen LogP contribution >= 0.6 is 11.3 Å². The molecular formula is C18H21N3O2S. The number of benzene rings is 1. The third-order valence-electron chi connectivity index (χ3n) is 3.93. The van der Waals surface area contributed by atoms with E-state index in [2.05, 4.69) is 39.6 Å². The van der Waals surface area contributed by atoms with Gasteiger partial charge >= 0.3 is 6.03 Å². The Balaban J connectivity index is 1.36. The van der Waals surface area contributed by atoms with Crippen molar-refractivity contribution in [3.63, 3.8) is 0 Å². The molecule has 1 atom stereocenters. The van der Waals surface area contributed by atoms with Gasteiger partial charge in [-0.2, -0.15) is 11.3 Å². The average molecular weight is 343 g/mol. The first-order valence-electron chi connectivity index (χ1n) is 8.00. The maximum atomic E-state index is 11.8. The fraction of sp³-hybridized carbons (Fsp3) is 0.278. The van der Waals surface area contributed by atoms with E-state index < -0.39 is 6.10 Å². The summed E-state index contributed by atoms with van der Waals surface area (Å²) in [6.45, 7) is 1.66. The number of para-hydroxylation sites is 1. The Kier molecular flexibility index (Phi) is 5.51. The number of nitrogens with zero attached hydrogens (tertiary/aromatic N) is 1. The van der Waals surface area contributed by atoms with E-state index in [1.54, 1.807) is 0 Å². The highest BCUT2D eigenvalue weighted by atomic mass is 32.1. The summed E-state index contributed by atoms with van der Waals surface area (Å²) < 4.78 is 2.19. The summed E-state index contributed by atoms with van der Waals surface area (Å²) in [6.07, 6.45) is 2.26. The number of aromatic nitrogens is 1. The van der Waals surface area contributed by atoms with Gasteiger partial charge < -0.3 is 20.3 Å². The standard InChI is InChI=1S/C18H21N3O2S/c22-17(15-7-11-24-13-15)12-20-18(23)19-8-3-9-21-10-6-14-4-1-2-5-16(14)21/h1-2,4-7,10-11,13,17,22H,3,8-9,12H2,(H2,19,20,23). The SMILES string of the molecule is O=C(NCCCn1ccc2ccccc21)NCC(O)c1ccsc1. The first kappa shape index (κ1) is 16.5. The van der Waals surface area contributed by atoms with Crippen molar-refractivity contribution in [1.82, 2.24) is 15.2 Å². The lowest BCUT2D eigenvalue weighted by atomic mass is 10.2. The van der Waals surface area contributed by atoms with Gasteiger partial charge in [0.15, 0.2) is 0 Å². The topological polar surface area (TPSA) is 66.3 Å². The molecule has 24 heavy (non-hydrogen) atoms. The fourth-order valence-corrected chi connectivity index (χ4v) is 3.33. The molecule has 0 radical (unpaired) electrons. The molecule has 6 heteroatoms. The van der Waals surface area contributed by atoms with Gasteiger partial charge in [-0.1, -0.05) is 18.2 Å². The third-order valence-corrected chi connectivity index (χ3v) is 4.63. The molecule has 2 heterocycles. The number of thiophene rings is 1. The van der Waals surface area contributed by atoms with Crippen LogP contribution in [0.1, 0.15) is 18.1 Å². The molecule has 3 rings (SSSR count). The zero-order valence-corrected chi connectivity index (χ0v) is 14.1. The fourth-order valence-electron chi connectivity index (χ4n) is 2.62. The van der Waals surface area contributed by atoms with Crippen LogP contribution in [0.15, 0.2) is 53.4 Å². The molecule has 0 aliphatic carbocycles. The van der Waals surface area contributed by atoms with Crippen LogP contribution in [-0.4, -0.2) is 28.8 Å². The summed E-state index contributed by atoms with van der Waals surface area (Å²) in [7, 11) is 0. The van der Waals surface area contributed by atoms with Crippen LogP contribution in [0.25, 0.3) is 10.9 Å². The van der Waals surface area contributed by atoms with Gasteiger partial charge in [0.25, 0.3) is 0 Å². The van der Waals surface area contributed by atoms with E-state index in [0.717, 1.165) is 18.5 Å². The number of nitrogens with one attached hydrogen (secondary N) is 2. The number of hydrogen-bond acceptors (Lipinski definition) is 3. The van der Waals surface area contributed by atoms with E-state index >= 15 is 0 Å². The highest BCUT2D eigenvalue weighted by Gasteiger charge is 2.09. The number of aryl methyl sites for hydroxylation is 1. The summed E-state index contributed by atoms with van der Waals surface area (Å²) in [5.74, 6) is 0. The minimum Gasteiger partial charge on any atom is -0.387 e. The van der Waals surface area contributed by atoms with E-state index in [9.17, 15) is 9.90 Å². The number of hydrogen-bond donors (Lipinski definition) is 3. The second-order valence-corrected chi connectivity index (χ2v) is 6.41. The largest absolute Gasteiger partial charge is 0.387 e. The molecule has 3 N–H and O–H groups in total. The molecule has 1 aromatic carbocycles. The molecule has 0 fully saturated rings. The zero-order chi connectivity index (χ0) is 16.8. The first-order chi connectivity index (χ1) is 11.7. The summed E-state index contributed by atoms with van der Waals surface area (Å²) >= 11 is 1.53. The smallest absolute Gasteiger partial charge is 0.314 e. The first-order valence-corrected chi connectivity index (χ1v) is 8.94. The molecule has 0 spiro atoms. The average Bonchev–Trinajstić information content (AvgIpc) is 3.26. The van der Waals surface area contributed by atoms with Crippen LogP contribution in [0.3, 0.4) is 0 Å². The summed E-state index contributed by atoms with van der Waals surface area (Å²) in [6, 6.07) is 12.0. The molecule has 1 unspecified atom stereocenters. The molecule has 2 amide bonds. The van der Waals surface area contributed by atoms with Crippen LogP contribution in [0.4, 0.5) is 4.79 Å².